The van der Waals surface area contributed by atoms with Crippen LogP contribution in [0.4, 0.5) is 0 Å². The second-order valence-electron chi connectivity index (χ2n) is 30.1. The van der Waals surface area contributed by atoms with Gasteiger partial charge in [-0.15, -0.1) is 0 Å². The van der Waals surface area contributed by atoms with E-state index in [1.165, 1.54) is 231 Å². The number of ether oxygens (including phenoxy) is 4. The number of phosphoric acid groups is 2. The summed E-state index contributed by atoms with van der Waals surface area (Å²) in [6.45, 7) is 12.0. The fourth-order valence-corrected chi connectivity index (χ4v) is 14.0. The summed E-state index contributed by atoms with van der Waals surface area (Å²) in [6.07, 6.45) is 59.5. The lowest BCUT2D eigenvalue weighted by Crippen LogP contribution is -2.30. The van der Waals surface area contributed by atoms with Gasteiger partial charge >= 0.3 is 39.5 Å². The second kappa shape index (κ2) is 71.3. The highest BCUT2D eigenvalue weighted by molar-refractivity contribution is 7.47. The topological polar surface area (TPSA) is 237 Å². The maximum atomic E-state index is 13.1. The van der Waals surface area contributed by atoms with E-state index in [4.69, 9.17) is 37.0 Å². The number of hydrogen-bond donors (Lipinski definition) is 3. The van der Waals surface area contributed by atoms with Crippen LogP contribution in [0, 0.1) is 17.8 Å². The van der Waals surface area contributed by atoms with E-state index in [0.29, 0.717) is 25.7 Å². The largest absolute Gasteiger partial charge is 0.472 e. The van der Waals surface area contributed by atoms with Gasteiger partial charge in [0.2, 0.25) is 0 Å². The van der Waals surface area contributed by atoms with Crippen molar-refractivity contribution in [3.8, 4) is 0 Å². The van der Waals surface area contributed by atoms with Crippen molar-refractivity contribution >= 4 is 39.5 Å². The van der Waals surface area contributed by atoms with Crippen molar-refractivity contribution in [2.45, 2.75) is 439 Å². The molecule has 0 aliphatic heterocycles. The van der Waals surface area contributed by atoms with Crippen LogP contribution in [-0.4, -0.2) is 96.7 Å². The zero-order valence-electron chi connectivity index (χ0n) is 65.7. The van der Waals surface area contributed by atoms with Gasteiger partial charge in [-0.2, -0.15) is 0 Å². The number of esters is 4. The van der Waals surface area contributed by atoms with E-state index in [1.807, 2.05) is 0 Å². The fraction of sp³-hybridized carbons (Fsp3) is 0.951. The molecular weight excluding hydrogens is 1310 g/mol. The van der Waals surface area contributed by atoms with Gasteiger partial charge in [-0.05, 0) is 43.4 Å². The first-order valence-electron chi connectivity index (χ1n) is 41.9. The van der Waals surface area contributed by atoms with Gasteiger partial charge in [-0.3, -0.25) is 37.3 Å². The normalized spacial score (nSPS) is 14.5. The molecule has 4 unspecified atom stereocenters. The van der Waals surface area contributed by atoms with Crippen LogP contribution >= 0.6 is 15.6 Å². The van der Waals surface area contributed by atoms with E-state index >= 15 is 0 Å². The van der Waals surface area contributed by atoms with Crippen LogP contribution in [0.3, 0.4) is 0 Å². The summed E-state index contributed by atoms with van der Waals surface area (Å²) in [5.41, 5.74) is 0. The molecule has 0 aromatic carbocycles. The maximum Gasteiger partial charge on any atom is 0.472 e. The van der Waals surface area contributed by atoms with Crippen LogP contribution in [0.25, 0.3) is 0 Å². The van der Waals surface area contributed by atoms with Crippen molar-refractivity contribution in [1.29, 1.82) is 0 Å². The smallest absolute Gasteiger partial charge is 0.462 e. The van der Waals surface area contributed by atoms with E-state index < -0.39 is 97.5 Å². The highest BCUT2D eigenvalue weighted by Crippen LogP contribution is 2.45. The molecule has 0 rings (SSSR count). The molecule has 17 nitrogen and oxygen atoms in total. The Morgan fingerprint density at radius 3 is 0.760 bits per heavy atom. The summed E-state index contributed by atoms with van der Waals surface area (Å²) in [4.78, 5) is 73.0. The Morgan fingerprint density at radius 2 is 0.510 bits per heavy atom. The molecule has 7 atom stereocenters. The van der Waals surface area contributed by atoms with E-state index in [-0.39, 0.29) is 25.7 Å². The number of rotatable bonds is 79. The first-order chi connectivity index (χ1) is 48.3. The number of aliphatic hydroxyl groups is 1. The monoisotopic (exact) mass is 1470 g/mol. The zero-order chi connectivity index (χ0) is 73.7. The third-order valence-electron chi connectivity index (χ3n) is 19.6. The standard InChI is InChI=1S/C81H158O17P2/c1-8-11-12-13-14-15-24-34-41-48-55-62-78(83)91-68-77(98-81(86)65-58-51-44-37-29-27-31-38-45-52-59-72(4)5)71-96-100(89,90)94-67-75(82)66-93-99(87,88)95-70-76(69-92-79(84)63-56-49-42-35-30-28-33-40-47-54-61-74(7)10-3)97-80(85)64-57-50-43-36-26-23-21-19-17-16-18-20-22-25-32-39-46-53-60-73(6)9-2/h72-77,82H,8-71H2,1-7H3,(H,87,88)(H,89,90)/t73?,74?,75-,76-,77-/m1/s1. The van der Waals surface area contributed by atoms with Crippen LogP contribution in [0.2, 0.25) is 0 Å². The Balaban J connectivity index is 5.22. The molecule has 0 heterocycles. The highest BCUT2D eigenvalue weighted by Gasteiger charge is 2.30. The molecule has 0 bridgehead atoms. The van der Waals surface area contributed by atoms with Crippen LogP contribution in [0.15, 0.2) is 0 Å². The van der Waals surface area contributed by atoms with E-state index in [0.717, 1.165) is 108 Å². The number of aliphatic hydroxyl groups excluding tert-OH is 1. The Morgan fingerprint density at radius 1 is 0.290 bits per heavy atom. The number of hydrogen-bond acceptors (Lipinski definition) is 15. The second-order valence-corrected chi connectivity index (χ2v) is 33.0. The first-order valence-corrected chi connectivity index (χ1v) is 44.9. The van der Waals surface area contributed by atoms with Crippen LogP contribution < -0.4 is 0 Å². The average molecular weight is 1470 g/mol. The van der Waals surface area contributed by atoms with Gasteiger partial charge in [-0.1, -0.05) is 370 Å². The first kappa shape index (κ1) is 98.1. The summed E-state index contributed by atoms with van der Waals surface area (Å²) in [6, 6.07) is 0. The molecule has 0 aliphatic rings. The maximum absolute atomic E-state index is 13.1. The predicted molar refractivity (Wildman–Crippen MR) is 409 cm³/mol. The van der Waals surface area contributed by atoms with E-state index in [1.54, 1.807) is 0 Å². The van der Waals surface area contributed by atoms with Gasteiger partial charge in [-0.25, -0.2) is 9.13 Å². The van der Waals surface area contributed by atoms with Crippen LogP contribution in [0.1, 0.15) is 421 Å². The third kappa shape index (κ3) is 71.7. The molecule has 0 amide bonds. The Kier molecular flexibility index (Phi) is 69.9. The average Bonchev–Trinajstić information content (AvgIpc) is 0.950. The van der Waals surface area contributed by atoms with Crippen LogP contribution in [0.5, 0.6) is 0 Å². The van der Waals surface area contributed by atoms with Crippen molar-refractivity contribution in [1.82, 2.24) is 0 Å². The molecule has 0 fully saturated rings. The highest BCUT2D eigenvalue weighted by atomic mass is 31.2. The third-order valence-corrected chi connectivity index (χ3v) is 21.5. The molecule has 19 heteroatoms. The van der Waals surface area contributed by atoms with Gasteiger partial charge < -0.3 is 33.8 Å². The van der Waals surface area contributed by atoms with Gasteiger partial charge in [0.15, 0.2) is 12.2 Å². The summed E-state index contributed by atoms with van der Waals surface area (Å²) in [5.74, 6) is 0.321. The lowest BCUT2D eigenvalue weighted by atomic mass is 9.99. The fourth-order valence-electron chi connectivity index (χ4n) is 12.4. The Labute approximate surface area is 613 Å². The number of unbranched alkanes of at least 4 members (excludes halogenated alkanes) is 45. The molecule has 0 aromatic heterocycles. The minimum atomic E-state index is -4.96. The quantitative estimate of drug-likeness (QED) is 0.0222. The molecule has 0 radical (unpaired) electrons. The molecule has 0 saturated carbocycles. The lowest BCUT2D eigenvalue weighted by Gasteiger charge is -2.21. The van der Waals surface area contributed by atoms with Gasteiger partial charge in [0, 0.05) is 25.7 Å². The number of phosphoric ester groups is 2. The summed E-state index contributed by atoms with van der Waals surface area (Å²) in [5, 5.41) is 10.6. The minimum absolute atomic E-state index is 0.106. The Bertz CT molecular complexity index is 1940. The summed E-state index contributed by atoms with van der Waals surface area (Å²) in [7, 11) is -9.92. The van der Waals surface area contributed by atoms with Crippen molar-refractivity contribution < 1.29 is 80.2 Å². The van der Waals surface area contributed by atoms with E-state index in [9.17, 15) is 43.2 Å². The molecule has 0 aromatic rings. The molecule has 0 aliphatic carbocycles. The van der Waals surface area contributed by atoms with Crippen molar-refractivity contribution in [3.05, 3.63) is 0 Å². The zero-order valence-corrected chi connectivity index (χ0v) is 67.5. The molecule has 100 heavy (non-hydrogen) atoms. The number of carbonyl (C=O) groups excluding carboxylic acids is 4. The van der Waals surface area contributed by atoms with Crippen molar-refractivity contribution in [2.75, 3.05) is 39.6 Å². The van der Waals surface area contributed by atoms with Gasteiger partial charge in [0.25, 0.3) is 0 Å². The van der Waals surface area contributed by atoms with Gasteiger partial charge in [0.05, 0.1) is 26.4 Å². The van der Waals surface area contributed by atoms with Crippen LogP contribution in [-0.2, 0) is 65.4 Å². The minimum Gasteiger partial charge on any atom is -0.462 e. The van der Waals surface area contributed by atoms with E-state index in [2.05, 4.69) is 48.5 Å². The van der Waals surface area contributed by atoms with Gasteiger partial charge in [0.1, 0.15) is 19.3 Å². The lowest BCUT2D eigenvalue weighted by molar-refractivity contribution is -0.161. The van der Waals surface area contributed by atoms with Crippen molar-refractivity contribution in [3.63, 3.8) is 0 Å². The molecule has 594 valence electrons. The summed E-state index contributed by atoms with van der Waals surface area (Å²) < 4.78 is 68.7. The number of carbonyl (C=O) groups is 4. The predicted octanol–water partition coefficient (Wildman–Crippen LogP) is 24.1. The summed E-state index contributed by atoms with van der Waals surface area (Å²) >= 11 is 0. The Hall–Kier alpha value is -1.94. The van der Waals surface area contributed by atoms with Crippen molar-refractivity contribution in [2.24, 2.45) is 17.8 Å². The molecular formula is C81H158O17P2. The molecule has 0 saturated heterocycles. The molecule has 3 N–H and O–H groups in total. The SMILES string of the molecule is CCCCCCCCCCCCCC(=O)OC[C@H](COP(=O)(O)OC[C@H](O)COP(=O)(O)OC[C@@H](COC(=O)CCCCCCCCCCCCC(C)CC)OC(=O)CCCCCCCCCCCCCCCCCCCCC(C)CC)OC(=O)CCCCCCCCCCCCC(C)C. The molecule has 0 spiro atoms.